The van der Waals surface area contributed by atoms with Crippen LogP contribution >= 0.6 is 23.5 Å². The number of aromatic nitrogens is 3. The Balaban J connectivity index is 1.60. The van der Waals surface area contributed by atoms with Gasteiger partial charge < -0.3 is 15.2 Å². The third-order valence-electron chi connectivity index (χ3n) is 3.74. The van der Waals surface area contributed by atoms with E-state index in [1.807, 2.05) is 37.6 Å². The van der Waals surface area contributed by atoms with Crippen molar-refractivity contribution in [1.29, 1.82) is 0 Å². The molecule has 0 aliphatic heterocycles. The first-order chi connectivity index (χ1) is 13.5. The topological polar surface area (TPSA) is 88.9 Å². The van der Waals surface area contributed by atoms with Crippen molar-refractivity contribution in [3.63, 3.8) is 0 Å². The maximum absolute atomic E-state index is 12.5. The second-order valence-electron chi connectivity index (χ2n) is 5.83. The maximum atomic E-state index is 12.5. The number of rotatable bonds is 7. The van der Waals surface area contributed by atoms with Crippen molar-refractivity contribution in [1.82, 2.24) is 14.8 Å². The largest absolute Gasteiger partial charge is 0.325 e. The molecule has 3 aromatic rings. The number of amides is 2. The predicted molar refractivity (Wildman–Crippen MR) is 113 cm³/mol. The van der Waals surface area contributed by atoms with Crippen molar-refractivity contribution in [2.45, 2.75) is 10.1 Å². The second-order valence-corrected chi connectivity index (χ2v) is 7.65. The van der Waals surface area contributed by atoms with Crippen LogP contribution in [0.25, 0.3) is 0 Å². The van der Waals surface area contributed by atoms with Gasteiger partial charge in [0.1, 0.15) is 6.33 Å². The molecule has 0 saturated heterocycles. The van der Waals surface area contributed by atoms with Gasteiger partial charge in [0.05, 0.1) is 5.75 Å². The van der Waals surface area contributed by atoms with E-state index in [-0.39, 0.29) is 17.6 Å². The van der Waals surface area contributed by atoms with E-state index in [0.717, 1.165) is 10.6 Å². The van der Waals surface area contributed by atoms with E-state index in [0.29, 0.717) is 16.4 Å². The molecule has 0 bridgehead atoms. The van der Waals surface area contributed by atoms with Crippen molar-refractivity contribution >= 4 is 46.7 Å². The first-order valence-electron chi connectivity index (χ1n) is 8.37. The molecule has 0 saturated carbocycles. The van der Waals surface area contributed by atoms with Crippen LogP contribution < -0.4 is 10.6 Å². The van der Waals surface area contributed by atoms with Crippen LogP contribution in [0.15, 0.2) is 64.9 Å². The number of hydrogen-bond donors (Lipinski definition) is 2. The Morgan fingerprint density at radius 3 is 2.54 bits per heavy atom. The molecule has 2 aromatic carbocycles. The highest BCUT2D eigenvalue weighted by Gasteiger charge is 2.10. The molecule has 0 aliphatic carbocycles. The average molecular weight is 414 g/mol. The first kappa shape index (κ1) is 20.0. The highest BCUT2D eigenvalue weighted by molar-refractivity contribution is 7.99. The Hall–Kier alpha value is -2.78. The SMILES string of the molecule is CSc1cccc(NC(=O)c2cccc(NC(=O)CSc3nncn3C)c2)c1. The smallest absolute Gasteiger partial charge is 0.255 e. The fourth-order valence-corrected chi connectivity index (χ4v) is 3.52. The molecule has 0 fully saturated rings. The van der Waals surface area contributed by atoms with Gasteiger partial charge in [-0.15, -0.1) is 22.0 Å². The lowest BCUT2D eigenvalue weighted by Gasteiger charge is -2.09. The van der Waals surface area contributed by atoms with Crippen molar-refractivity contribution in [3.8, 4) is 0 Å². The van der Waals surface area contributed by atoms with Gasteiger partial charge >= 0.3 is 0 Å². The van der Waals surface area contributed by atoms with Gasteiger partial charge in [0, 0.05) is 28.9 Å². The van der Waals surface area contributed by atoms with Crippen LogP contribution in [0.5, 0.6) is 0 Å². The maximum Gasteiger partial charge on any atom is 0.255 e. The van der Waals surface area contributed by atoms with E-state index < -0.39 is 0 Å². The van der Waals surface area contributed by atoms with Crippen molar-refractivity contribution < 1.29 is 9.59 Å². The fraction of sp³-hybridized carbons (Fsp3) is 0.158. The van der Waals surface area contributed by atoms with E-state index in [2.05, 4.69) is 20.8 Å². The Kier molecular flexibility index (Phi) is 6.72. The van der Waals surface area contributed by atoms with Gasteiger partial charge in [-0.1, -0.05) is 23.9 Å². The standard InChI is InChI=1S/C19H19N5O2S2/c1-24-12-20-23-19(24)28-11-17(25)21-14-6-3-5-13(9-14)18(26)22-15-7-4-8-16(10-15)27-2/h3-10,12H,11H2,1-2H3,(H,21,25)(H,22,26). The number of carbonyl (C=O) groups is 2. The monoisotopic (exact) mass is 413 g/mol. The Morgan fingerprint density at radius 2 is 1.82 bits per heavy atom. The number of hydrogen-bond acceptors (Lipinski definition) is 6. The summed E-state index contributed by atoms with van der Waals surface area (Å²) in [5.74, 6) is -0.217. The number of carbonyl (C=O) groups excluding carboxylic acids is 2. The zero-order chi connectivity index (χ0) is 19.9. The quantitative estimate of drug-likeness (QED) is 0.576. The van der Waals surface area contributed by atoms with Crippen LogP contribution in [0.4, 0.5) is 11.4 Å². The summed E-state index contributed by atoms with van der Waals surface area (Å²) in [6.45, 7) is 0. The van der Waals surface area contributed by atoms with Crippen LogP contribution in [-0.4, -0.2) is 38.6 Å². The summed E-state index contributed by atoms with van der Waals surface area (Å²) in [5, 5.41) is 14.0. The van der Waals surface area contributed by atoms with Crippen LogP contribution in [0.2, 0.25) is 0 Å². The van der Waals surface area contributed by atoms with Crippen molar-refractivity contribution in [2.75, 3.05) is 22.6 Å². The molecule has 0 atom stereocenters. The molecule has 7 nitrogen and oxygen atoms in total. The lowest BCUT2D eigenvalue weighted by atomic mass is 10.2. The van der Waals surface area contributed by atoms with Gasteiger partial charge in [-0.2, -0.15) is 0 Å². The summed E-state index contributed by atoms with van der Waals surface area (Å²) in [4.78, 5) is 25.8. The van der Waals surface area contributed by atoms with Crippen LogP contribution in [-0.2, 0) is 11.8 Å². The minimum absolute atomic E-state index is 0.182. The van der Waals surface area contributed by atoms with E-state index in [1.54, 1.807) is 46.9 Å². The highest BCUT2D eigenvalue weighted by atomic mass is 32.2. The van der Waals surface area contributed by atoms with Gasteiger partial charge in [0.15, 0.2) is 5.16 Å². The number of nitrogens with one attached hydrogen (secondary N) is 2. The molecule has 0 radical (unpaired) electrons. The summed E-state index contributed by atoms with van der Waals surface area (Å²) >= 11 is 2.90. The molecular formula is C19H19N5O2S2. The van der Waals surface area contributed by atoms with Crippen LogP contribution in [0.1, 0.15) is 10.4 Å². The Morgan fingerprint density at radius 1 is 1.07 bits per heavy atom. The van der Waals surface area contributed by atoms with Gasteiger partial charge in [-0.3, -0.25) is 9.59 Å². The van der Waals surface area contributed by atoms with E-state index in [9.17, 15) is 9.59 Å². The fourth-order valence-electron chi connectivity index (χ4n) is 2.37. The van der Waals surface area contributed by atoms with Crippen LogP contribution in [0, 0.1) is 0 Å². The number of aryl methyl sites for hydroxylation is 1. The van der Waals surface area contributed by atoms with Gasteiger partial charge in [0.2, 0.25) is 5.91 Å². The lowest BCUT2D eigenvalue weighted by Crippen LogP contribution is -2.16. The van der Waals surface area contributed by atoms with Gasteiger partial charge in [-0.25, -0.2) is 0 Å². The molecule has 3 rings (SSSR count). The average Bonchev–Trinajstić information content (AvgIpc) is 3.11. The predicted octanol–water partition coefficient (Wildman–Crippen LogP) is 3.52. The van der Waals surface area contributed by atoms with Gasteiger partial charge in [-0.05, 0) is 42.7 Å². The van der Waals surface area contributed by atoms with E-state index in [1.165, 1.54) is 11.8 Å². The van der Waals surface area contributed by atoms with Gasteiger partial charge in [0.25, 0.3) is 5.91 Å². The zero-order valence-electron chi connectivity index (χ0n) is 15.4. The Bertz CT molecular complexity index is 990. The molecular weight excluding hydrogens is 394 g/mol. The summed E-state index contributed by atoms with van der Waals surface area (Å²) < 4.78 is 1.74. The van der Waals surface area contributed by atoms with E-state index in [4.69, 9.17) is 0 Å². The Labute approximate surface area is 171 Å². The molecule has 1 aromatic heterocycles. The number of thioether (sulfide) groups is 2. The molecule has 1 heterocycles. The van der Waals surface area contributed by atoms with E-state index >= 15 is 0 Å². The molecule has 0 aliphatic rings. The summed E-state index contributed by atoms with van der Waals surface area (Å²) in [6, 6.07) is 14.5. The summed E-state index contributed by atoms with van der Waals surface area (Å²) in [5.41, 5.74) is 1.76. The molecule has 2 N–H and O–H groups in total. The molecule has 144 valence electrons. The lowest BCUT2D eigenvalue weighted by molar-refractivity contribution is -0.113. The molecule has 28 heavy (non-hydrogen) atoms. The summed E-state index contributed by atoms with van der Waals surface area (Å²) in [7, 11) is 1.82. The molecule has 0 spiro atoms. The minimum Gasteiger partial charge on any atom is -0.325 e. The molecule has 0 unspecified atom stereocenters. The third kappa shape index (κ3) is 5.37. The third-order valence-corrected chi connectivity index (χ3v) is 5.50. The zero-order valence-corrected chi connectivity index (χ0v) is 17.0. The van der Waals surface area contributed by atoms with Crippen molar-refractivity contribution in [2.24, 2.45) is 7.05 Å². The highest BCUT2D eigenvalue weighted by Crippen LogP contribution is 2.20. The number of anilines is 2. The van der Waals surface area contributed by atoms with Crippen molar-refractivity contribution in [3.05, 3.63) is 60.4 Å². The summed E-state index contributed by atoms with van der Waals surface area (Å²) in [6.07, 6.45) is 3.56. The number of nitrogens with zero attached hydrogens (tertiary/aromatic N) is 3. The minimum atomic E-state index is -0.234. The first-order valence-corrected chi connectivity index (χ1v) is 10.6. The molecule has 9 heteroatoms. The number of benzene rings is 2. The normalized spacial score (nSPS) is 10.5. The second kappa shape index (κ2) is 9.43. The molecule has 2 amide bonds. The van der Waals surface area contributed by atoms with Crippen LogP contribution in [0.3, 0.4) is 0 Å².